The summed E-state index contributed by atoms with van der Waals surface area (Å²) < 4.78 is 23.6. The van der Waals surface area contributed by atoms with Crippen molar-refractivity contribution >= 4 is 0 Å². The maximum Gasteiger partial charge on any atom is 0.265 e. The van der Waals surface area contributed by atoms with Gasteiger partial charge in [-0.1, -0.05) is 6.92 Å². The number of aliphatic hydroxyl groups is 3. The number of alkyl halides is 2. The molecule has 0 rings (SSSR count). The van der Waals surface area contributed by atoms with E-state index in [2.05, 4.69) is 5.32 Å². The highest BCUT2D eigenvalue weighted by Crippen LogP contribution is 2.12. The van der Waals surface area contributed by atoms with Crippen LogP contribution in [0.4, 0.5) is 8.78 Å². The van der Waals surface area contributed by atoms with Crippen LogP contribution in [0.5, 0.6) is 0 Å². The molecule has 1 unspecified atom stereocenters. The van der Waals surface area contributed by atoms with E-state index in [9.17, 15) is 8.78 Å². The van der Waals surface area contributed by atoms with E-state index in [0.29, 0.717) is 0 Å². The summed E-state index contributed by atoms with van der Waals surface area (Å²) >= 11 is 0. The third kappa shape index (κ3) is 4.80. The fraction of sp³-hybridized carbons (Fsp3) is 1.00. The molecule has 0 spiro atoms. The minimum absolute atomic E-state index is 0.170. The van der Waals surface area contributed by atoms with Crippen LogP contribution in [0.25, 0.3) is 0 Å². The molecule has 0 aliphatic rings. The molecule has 0 aliphatic carbocycles. The standard InChI is InChI=1S/C8H17F2NO3/c1-8(4-12,5-13)3-11-2-6(14)7(9)10/h6-7,11-14H,2-5H2,1H3. The summed E-state index contributed by atoms with van der Waals surface area (Å²) in [5, 5.41) is 29.0. The minimum atomic E-state index is -2.78. The van der Waals surface area contributed by atoms with Crippen molar-refractivity contribution in [1.82, 2.24) is 5.32 Å². The second-order valence-corrected chi connectivity index (χ2v) is 3.66. The zero-order valence-corrected chi connectivity index (χ0v) is 8.08. The van der Waals surface area contributed by atoms with Gasteiger partial charge in [0.15, 0.2) is 0 Å². The maximum atomic E-state index is 11.8. The van der Waals surface area contributed by atoms with Gasteiger partial charge in [-0.05, 0) is 0 Å². The van der Waals surface area contributed by atoms with E-state index < -0.39 is 17.9 Å². The van der Waals surface area contributed by atoms with Crippen molar-refractivity contribution in [2.24, 2.45) is 5.41 Å². The molecule has 0 amide bonds. The molecule has 4 nitrogen and oxygen atoms in total. The Morgan fingerprint density at radius 3 is 2.14 bits per heavy atom. The molecule has 0 saturated heterocycles. The number of halogens is 2. The first kappa shape index (κ1) is 13.7. The van der Waals surface area contributed by atoms with Crippen LogP contribution in [0, 0.1) is 5.41 Å². The topological polar surface area (TPSA) is 72.7 Å². The van der Waals surface area contributed by atoms with Gasteiger partial charge in [0, 0.05) is 18.5 Å². The number of rotatable bonds is 7. The van der Waals surface area contributed by atoms with E-state index in [1.165, 1.54) is 0 Å². The zero-order valence-electron chi connectivity index (χ0n) is 8.08. The summed E-state index contributed by atoms with van der Waals surface area (Å²) in [5.41, 5.74) is -0.748. The normalized spacial score (nSPS) is 14.8. The van der Waals surface area contributed by atoms with Gasteiger partial charge in [0.1, 0.15) is 6.10 Å². The van der Waals surface area contributed by atoms with Gasteiger partial charge in [0.2, 0.25) is 0 Å². The van der Waals surface area contributed by atoms with Crippen LogP contribution in [-0.4, -0.2) is 54.2 Å². The third-order valence-corrected chi connectivity index (χ3v) is 1.96. The molecule has 4 N–H and O–H groups in total. The van der Waals surface area contributed by atoms with Crippen LogP contribution in [0.1, 0.15) is 6.92 Å². The lowest BCUT2D eigenvalue weighted by molar-refractivity contribution is -0.00686. The SMILES string of the molecule is CC(CO)(CO)CNCC(O)C(F)F. The van der Waals surface area contributed by atoms with Crippen molar-refractivity contribution in [2.45, 2.75) is 19.5 Å². The highest BCUT2D eigenvalue weighted by Gasteiger charge is 2.23. The van der Waals surface area contributed by atoms with Crippen LogP contribution >= 0.6 is 0 Å². The quantitative estimate of drug-likeness (QED) is 0.446. The summed E-state index contributed by atoms with van der Waals surface area (Å²) in [6.45, 7) is 1.02. The van der Waals surface area contributed by atoms with E-state index >= 15 is 0 Å². The van der Waals surface area contributed by atoms with Crippen LogP contribution in [0.3, 0.4) is 0 Å². The fourth-order valence-corrected chi connectivity index (χ4v) is 0.773. The van der Waals surface area contributed by atoms with Crippen molar-refractivity contribution in [3.05, 3.63) is 0 Å². The van der Waals surface area contributed by atoms with E-state index in [-0.39, 0.29) is 26.3 Å². The lowest BCUT2D eigenvalue weighted by Gasteiger charge is -2.25. The van der Waals surface area contributed by atoms with E-state index in [4.69, 9.17) is 15.3 Å². The first-order chi connectivity index (χ1) is 6.45. The van der Waals surface area contributed by atoms with Gasteiger partial charge in [0.25, 0.3) is 6.43 Å². The van der Waals surface area contributed by atoms with Crippen LogP contribution in [-0.2, 0) is 0 Å². The average Bonchev–Trinajstić information content (AvgIpc) is 2.17. The minimum Gasteiger partial charge on any atom is -0.396 e. The molecule has 0 bridgehead atoms. The Hall–Kier alpha value is -0.300. The molecule has 0 aromatic heterocycles. The Bertz CT molecular complexity index is 154. The molecule has 14 heavy (non-hydrogen) atoms. The van der Waals surface area contributed by atoms with Crippen LogP contribution in [0.15, 0.2) is 0 Å². The molecule has 6 heteroatoms. The molecule has 0 aromatic carbocycles. The summed E-state index contributed by atoms with van der Waals surface area (Å²) in [7, 11) is 0. The lowest BCUT2D eigenvalue weighted by atomic mass is 9.93. The molecule has 0 radical (unpaired) electrons. The van der Waals surface area contributed by atoms with Crippen molar-refractivity contribution in [3.63, 3.8) is 0 Å². The van der Waals surface area contributed by atoms with Gasteiger partial charge < -0.3 is 20.6 Å². The molecular weight excluding hydrogens is 196 g/mol. The number of nitrogens with one attached hydrogen (secondary N) is 1. The molecular formula is C8H17F2NO3. The smallest absolute Gasteiger partial charge is 0.265 e. The average molecular weight is 213 g/mol. The number of aliphatic hydroxyl groups excluding tert-OH is 3. The molecule has 86 valence electrons. The van der Waals surface area contributed by atoms with Crippen molar-refractivity contribution in [2.75, 3.05) is 26.3 Å². The monoisotopic (exact) mass is 213 g/mol. The Labute approximate surface area is 81.6 Å². The van der Waals surface area contributed by atoms with Crippen molar-refractivity contribution in [3.8, 4) is 0 Å². The Kier molecular flexibility index (Phi) is 6.10. The summed E-state index contributed by atoms with van der Waals surface area (Å²) in [5.74, 6) is 0. The molecule has 0 fully saturated rings. The third-order valence-electron chi connectivity index (χ3n) is 1.96. The maximum absolute atomic E-state index is 11.8. The summed E-state index contributed by atoms with van der Waals surface area (Å²) in [6, 6.07) is 0. The highest BCUT2D eigenvalue weighted by molar-refractivity contribution is 4.75. The van der Waals surface area contributed by atoms with Gasteiger partial charge in [0.05, 0.1) is 13.2 Å². The second kappa shape index (κ2) is 6.23. The Morgan fingerprint density at radius 1 is 1.29 bits per heavy atom. The van der Waals surface area contributed by atoms with E-state index in [1.54, 1.807) is 6.92 Å². The molecule has 0 saturated carbocycles. The van der Waals surface area contributed by atoms with E-state index in [0.717, 1.165) is 0 Å². The van der Waals surface area contributed by atoms with Gasteiger partial charge >= 0.3 is 0 Å². The van der Waals surface area contributed by atoms with Crippen molar-refractivity contribution in [1.29, 1.82) is 0 Å². The molecule has 1 atom stereocenters. The zero-order chi connectivity index (χ0) is 11.2. The van der Waals surface area contributed by atoms with Crippen LogP contribution in [0.2, 0.25) is 0 Å². The molecule has 0 heterocycles. The Morgan fingerprint density at radius 2 is 1.79 bits per heavy atom. The van der Waals surface area contributed by atoms with Gasteiger partial charge in [-0.25, -0.2) is 8.78 Å². The predicted molar refractivity (Wildman–Crippen MR) is 47.2 cm³/mol. The van der Waals surface area contributed by atoms with Crippen molar-refractivity contribution < 1.29 is 24.1 Å². The highest BCUT2D eigenvalue weighted by atomic mass is 19.3. The largest absolute Gasteiger partial charge is 0.396 e. The van der Waals surface area contributed by atoms with Gasteiger partial charge in [-0.2, -0.15) is 0 Å². The van der Waals surface area contributed by atoms with Gasteiger partial charge in [-0.3, -0.25) is 0 Å². The summed E-state index contributed by atoms with van der Waals surface area (Å²) in [6.07, 6.45) is -4.49. The van der Waals surface area contributed by atoms with E-state index in [1.807, 2.05) is 0 Å². The van der Waals surface area contributed by atoms with Crippen LogP contribution < -0.4 is 5.32 Å². The second-order valence-electron chi connectivity index (χ2n) is 3.66. The first-order valence-electron chi connectivity index (χ1n) is 4.34. The predicted octanol–water partition coefficient (Wildman–Crippen LogP) is -0.807. The number of hydrogen-bond acceptors (Lipinski definition) is 4. The Balaban J connectivity index is 3.72. The molecule has 0 aliphatic heterocycles. The summed E-state index contributed by atoms with van der Waals surface area (Å²) in [4.78, 5) is 0. The van der Waals surface area contributed by atoms with Gasteiger partial charge in [-0.15, -0.1) is 0 Å². The first-order valence-corrected chi connectivity index (χ1v) is 4.34. The molecule has 0 aromatic rings. The number of hydrogen-bond donors (Lipinski definition) is 4. The fourth-order valence-electron chi connectivity index (χ4n) is 0.773. The lowest BCUT2D eigenvalue weighted by Crippen LogP contribution is -2.42.